The normalized spacial score (nSPS) is 27.7. The molecule has 20 atom stereocenters. The molecule has 6 aliphatic rings. The van der Waals surface area contributed by atoms with Crippen molar-refractivity contribution in [2.75, 3.05) is 33.5 Å². The Morgan fingerprint density at radius 1 is 0.363 bits per heavy atom. The number of fused-ring (bicyclic) bond motifs is 1. The van der Waals surface area contributed by atoms with E-state index in [9.17, 15) is 9.59 Å². The van der Waals surface area contributed by atoms with Gasteiger partial charge in [-0.25, -0.2) is 9.59 Å². The smallest absolute Gasteiger partial charge is 0.338 e. The van der Waals surface area contributed by atoms with Crippen LogP contribution in [-0.2, 0) is 141 Å². The van der Waals surface area contributed by atoms with Crippen LogP contribution >= 0.6 is 0 Å². The summed E-state index contributed by atoms with van der Waals surface area (Å²) in [5.74, 6) is -2.31. The van der Waals surface area contributed by atoms with Crippen molar-refractivity contribution in [3.63, 3.8) is 0 Å². The van der Waals surface area contributed by atoms with Crippen molar-refractivity contribution >= 4 is 11.9 Å². The monoisotopic (exact) mass is 1540 g/mol. The van der Waals surface area contributed by atoms with Crippen molar-refractivity contribution in [2.24, 2.45) is 0 Å². The van der Waals surface area contributed by atoms with E-state index in [4.69, 9.17) is 94.7 Å². The molecule has 0 unspecified atom stereocenters. The summed E-state index contributed by atoms with van der Waals surface area (Å²) in [5, 5.41) is 0. The maximum atomic E-state index is 14.1. The first-order valence-corrected chi connectivity index (χ1v) is 38.6. The van der Waals surface area contributed by atoms with E-state index in [1.54, 1.807) is 67.8 Å². The SMILES string of the molecule is CO[C@@H]1O[C@@H]([C@@H](CO[C@@H]2O[C@@H]([C@@H](COCc3ccccc3)O[C@@H]3O[C@@H]([C@H]4COC(C)(C)O4)[C@H](OCc4ccccc4)[C@H]3O[C@H]3O[C@@H]([C@@H](COC(=O)c4ccccc4)OC(=O)c4ccccc4)[C@H]4O[C@@H]34)[C@H](OCc3ccccc3)[C@H]2OCc2ccccc2)OCc2ccccc2)[C@H](OCc2ccccc2)[C@H]1OCc1ccccc1. The van der Waals surface area contributed by atoms with Gasteiger partial charge in [0, 0.05) is 7.11 Å². The van der Waals surface area contributed by atoms with Crippen LogP contribution in [0, 0.1) is 0 Å². The summed E-state index contributed by atoms with van der Waals surface area (Å²) in [5.41, 5.74) is 6.91. The van der Waals surface area contributed by atoms with Gasteiger partial charge in [0.2, 0.25) is 0 Å². The summed E-state index contributed by atoms with van der Waals surface area (Å²) in [6, 6.07) is 86.0. The highest BCUT2D eigenvalue weighted by molar-refractivity contribution is 5.90. The number of carbonyl (C=O) groups excluding carboxylic acids is 2. The van der Waals surface area contributed by atoms with E-state index in [0.29, 0.717) is 5.56 Å². The second-order valence-electron chi connectivity index (χ2n) is 29.1. The van der Waals surface area contributed by atoms with Crippen molar-refractivity contribution < 1.29 is 104 Å². The predicted octanol–water partition coefficient (Wildman–Crippen LogP) is 13.1. The van der Waals surface area contributed by atoms with Gasteiger partial charge >= 0.3 is 11.9 Å². The van der Waals surface area contributed by atoms with E-state index in [-0.39, 0.29) is 78.2 Å². The molecule has 22 heteroatoms. The largest absolute Gasteiger partial charge is 0.458 e. The number of hydrogen-bond acceptors (Lipinski definition) is 22. The van der Waals surface area contributed by atoms with Gasteiger partial charge in [-0.15, -0.1) is 0 Å². The molecule has 0 amide bonds. The summed E-state index contributed by atoms with van der Waals surface area (Å²) in [7, 11) is 1.59. The summed E-state index contributed by atoms with van der Waals surface area (Å²) < 4.78 is 138. The van der Waals surface area contributed by atoms with Crippen LogP contribution in [0.2, 0.25) is 0 Å². The van der Waals surface area contributed by atoms with E-state index < -0.39 is 141 Å². The average Bonchev–Trinajstić information content (AvgIpc) is 1.57. The van der Waals surface area contributed by atoms with Crippen LogP contribution in [-0.4, -0.2) is 174 Å². The molecule has 15 rings (SSSR count). The van der Waals surface area contributed by atoms with Gasteiger partial charge in [-0.1, -0.05) is 249 Å². The molecular weight excluding hydrogens is 1440 g/mol. The molecule has 0 saturated carbocycles. The molecule has 592 valence electrons. The van der Waals surface area contributed by atoms with Crippen molar-refractivity contribution in [1.82, 2.24) is 0 Å². The van der Waals surface area contributed by atoms with Crippen LogP contribution < -0.4 is 0 Å². The fourth-order valence-corrected chi connectivity index (χ4v) is 14.8. The molecule has 0 bridgehead atoms. The fourth-order valence-electron chi connectivity index (χ4n) is 14.8. The fraction of sp³-hybridized carbons (Fsp3) is 0.385. The number of benzene rings is 9. The number of esters is 2. The number of hydrogen-bond donors (Lipinski definition) is 0. The van der Waals surface area contributed by atoms with Gasteiger partial charge in [0.25, 0.3) is 0 Å². The zero-order valence-electron chi connectivity index (χ0n) is 63.3. The number of rotatable bonds is 39. The van der Waals surface area contributed by atoms with E-state index >= 15 is 0 Å². The Kier molecular flexibility index (Phi) is 27.4. The third-order valence-corrected chi connectivity index (χ3v) is 20.6. The third kappa shape index (κ3) is 21.0. The zero-order valence-corrected chi connectivity index (χ0v) is 63.3. The van der Waals surface area contributed by atoms with Crippen LogP contribution in [0.4, 0.5) is 0 Å². The second kappa shape index (κ2) is 39.0. The van der Waals surface area contributed by atoms with Gasteiger partial charge in [-0.2, -0.15) is 0 Å². The van der Waals surface area contributed by atoms with Crippen molar-refractivity contribution in [2.45, 2.75) is 189 Å². The second-order valence-corrected chi connectivity index (χ2v) is 29.1. The minimum absolute atomic E-state index is 0.107. The first kappa shape index (κ1) is 79.4. The first-order chi connectivity index (χ1) is 55.5. The molecule has 6 fully saturated rings. The number of methoxy groups -OCH3 is 1. The molecule has 0 aromatic heterocycles. The van der Waals surface area contributed by atoms with Gasteiger partial charge < -0.3 is 94.7 Å². The molecule has 6 saturated heterocycles. The van der Waals surface area contributed by atoms with Crippen LogP contribution in [0.5, 0.6) is 0 Å². The highest BCUT2D eigenvalue weighted by Gasteiger charge is 2.65. The van der Waals surface area contributed by atoms with Crippen molar-refractivity contribution in [1.29, 1.82) is 0 Å². The molecule has 6 heterocycles. The lowest BCUT2D eigenvalue weighted by Gasteiger charge is -2.33. The highest BCUT2D eigenvalue weighted by Crippen LogP contribution is 2.46. The number of carbonyl (C=O) groups is 2. The summed E-state index contributed by atoms with van der Waals surface area (Å²) in [6.07, 6.45) is -19.5. The lowest BCUT2D eigenvalue weighted by Crippen LogP contribution is -2.49. The quantitative estimate of drug-likeness (QED) is 0.0258. The molecule has 113 heavy (non-hydrogen) atoms. The van der Waals surface area contributed by atoms with Gasteiger partial charge in [-0.05, 0) is 77.1 Å². The molecule has 6 aliphatic heterocycles. The lowest BCUT2D eigenvalue weighted by molar-refractivity contribution is -0.281. The third-order valence-electron chi connectivity index (χ3n) is 20.6. The Morgan fingerprint density at radius 2 is 0.779 bits per heavy atom. The van der Waals surface area contributed by atoms with E-state index in [0.717, 1.165) is 38.9 Å². The molecular formula is C91H96O22. The average molecular weight is 1540 g/mol. The molecule has 0 spiro atoms. The molecule has 0 radical (unpaired) electrons. The molecule has 0 N–H and O–H groups in total. The minimum atomic E-state index is -1.35. The first-order valence-electron chi connectivity index (χ1n) is 38.6. The van der Waals surface area contributed by atoms with Crippen LogP contribution in [0.15, 0.2) is 273 Å². The topological polar surface area (TPSA) is 222 Å². The molecule has 0 aliphatic carbocycles. The minimum Gasteiger partial charge on any atom is -0.458 e. The standard InChI is InChI=1S/C91H96O22/c1-91(2)104-59-72(113-91)76-79(99-53-64-39-21-8-22-40-64)83(112-90-84-80(107-84)75(110-90)71(105-86(93)68-47-29-12-30-48-68)58-102-85(92)67-45-27-11-28-46-67)89(111-76)106-70(56-95-49-60-31-13-4-14-32-60)74-78(98-52-63-37-19-7-20-38-63)82(101-55-66-43-25-10-26-44-66)88(109-74)103-57-69(96-50-61-33-15-5-16-34-61)73-77(97-51-62-35-17-6-18-36-62)81(87(94-3)108-73)100-54-65-41-23-9-24-42-65/h4-48,69-84,87-90H,49-59H2,1-3H3/t69-,70-,71-,72-,73+,74+,75+,76+,77+,78+,79+,80-,81-,82-,83-,84-,87-,88-,89-,90-/m1/s1. The number of ether oxygens (including phenoxy) is 20. The van der Waals surface area contributed by atoms with Crippen LogP contribution in [0.3, 0.4) is 0 Å². The van der Waals surface area contributed by atoms with Crippen LogP contribution in [0.1, 0.15) is 73.5 Å². The summed E-state index contributed by atoms with van der Waals surface area (Å²) in [6.45, 7) is 4.27. The zero-order chi connectivity index (χ0) is 77.1. The van der Waals surface area contributed by atoms with Crippen molar-refractivity contribution in [3.8, 4) is 0 Å². The molecule has 22 nitrogen and oxygen atoms in total. The Hall–Kier alpha value is -8.80. The molecule has 9 aromatic rings. The van der Waals surface area contributed by atoms with Crippen molar-refractivity contribution in [3.05, 3.63) is 323 Å². The Balaban J connectivity index is 0.787. The maximum absolute atomic E-state index is 14.1. The van der Waals surface area contributed by atoms with Gasteiger partial charge in [0.15, 0.2) is 37.1 Å². The van der Waals surface area contributed by atoms with E-state index in [1.807, 2.05) is 226 Å². The highest BCUT2D eigenvalue weighted by atomic mass is 16.8. The Bertz CT molecular complexity index is 4320. The molecule has 9 aromatic carbocycles. The van der Waals surface area contributed by atoms with E-state index in [2.05, 4.69) is 0 Å². The van der Waals surface area contributed by atoms with Gasteiger partial charge in [0.05, 0.1) is 77.2 Å². The summed E-state index contributed by atoms with van der Waals surface area (Å²) in [4.78, 5) is 27.7. The van der Waals surface area contributed by atoms with E-state index in [1.165, 1.54) is 0 Å². The predicted molar refractivity (Wildman–Crippen MR) is 409 cm³/mol. The number of epoxide rings is 1. The Labute approximate surface area is 658 Å². The summed E-state index contributed by atoms with van der Waals surface area (Å²) >= 11 is 0. The van der Waals surface area contributed by atoms with Gasteiger partial charge in [0.1, 0.15) is 98.2 Å². The maximum Gasteiger partial charge on any atom is 0.338 e. The Morgan fingerprint density at radius 3 is 1.26 bits per heavy atom. The van der Waals surface area contributed by atoms with Crippen LogP contribution in [0.25, 0.3) is 0 Å². The van der Waals surface area contributed by atoms with Gasteiger partial charge in [-0.3, -0.25) is 0 Å². The lowest BCUT2D eigenvalue weighted by atomic mass is 10.0.